The van der Waals surface area contributed by atoms with Gasteiger partial charge in [-0.1, -0.05) is 6.92 Å². The van der Waals surface area contributed by atoms with Gasteiger partial charge in [0.15, 0.2) is 5.89 Å². The number of nitrogens with zero attached hydrogens (tertiary/aromatic N) is 2. The van der Waals surface area contributed by atoms with Gasteiger partial charge in [-0.05, 0) is 45.3 Å². The van der Waals surface area contributed by atoms with E-state index in [1.54, 1.807) is 6.26 Å². The van der Waals surface area contributed by atoms with E-state index in [4.69, 9.17) is 10.2 Å². The second-order valence-corrected chi connectivity index (χ2v) is 4.75. The maximum atomic E-state index is 5.54. The van der Waals surface area contributed by atoms with Crippen LogP contribution >= 0.6 is 0 Å². The third-order valence-corrected chi connectivity index (χ3v) is 3.55. The average molecular weight is 237 g/mol. The number of likely N-dealkylation sites (tertiary alicyclic amines) is 1. The van der Waals surface area contributed by atoms with Crippen LogP contribution in [0.15, 0.2) is 10.7 Å². The summed E-state index contributed by atoms with van der Waals surface area (Å²) in [7, 11) is 0. The Labute approximate surface area is 103 Å². The highest BCUT2D eigenvalue weighted by Gasteiger charge is 2.24. The van der Waals surface area contributed by atoms with Gasteiger partial charge in [0, 0.05) is 12.5 Å². The number of aromatic nitrogens is 1. The average Bonchev–Trinajstić information content (AvgIpc) is 2.96. The molecule has 1 atom stereocenters. The molecule has 0 amide bonds. The Morgan fingerprint density at radius 1 is 1.59 bits per heavy atom. The molecule has 1 aliphatic heterocycles. The van der Waals surface area contributed by atoms with Crippen LogP contribution in [0.3, 0.4) is 0 Å². The molecule has 2 rings (SSSR count). The van der Waals surface area contributed by atoms with Crippen molar-refractivity contribution in [3.63, 3.8) is 0 Å². The molecular formula is C13H23N3O. The largest absolute Gasteiger partial charge is 0.449 e. The van der Waals surface area contributed by atoms with Gasteiger partial charge in [-0.2, -0.15) is 0 Å². The van der Waals surface area contributed by atoms with Gasteiger partial charge < -0.3 is 15.1 Å². The molecule has 96 valence electrons. The molecule has 1 aliphatic rings. The fourth-order valence-corrected chi connectivity index (χ4v) is 2.58. The second kappa shape index (κ2) is 6.17. The quantitative estimate of drug-likeness (QED) is 0.816. The van der Waals surface area contributed by atoms with Crippen molar-refractivity contribution >= 4 is 0 Å². The molecule has 2 N–H and O–H groups in total. The standard InChI is InChI=1S/C13H23N3O/c1-2-16-8-4-6-12(16)9-13-15-11(10-17-13)5-3-7-14/h10,12H,2-9,14H2,1H3. The third kappa shape index (κ3) is 3.30. The fraction of sp³-hybridized carbons (Fsp3) is 0.769. The minimum Gasteiger partial charge on any atom is -0.449 e. The molecule has 4 heteroatoms. The fourth-order valence-electron chi connectivity index (χ4n) is 2.58. The van der Waals surface area contributed by atoms with E-state index < -0.39 is 0 Å². The molecule has 1 fully saturated rings. The zero-order valence-electron chi connectivity index (χ0n) is 10.7. The van der Waals surface area contributed by atoms with E-state index in [1.807, 2.05) is 0 Å². The lowest BCUT2D eigenvalue weighted by Gasteiger charge is -2.20. The van der Waals surface area contributed by atoms with Crippen LogP contribution in [0.4, 0.5) is 0 Å². The maximum Gasteiger partial charge on any atom is 0.195 e. The van der Waals surface area contributed by atoms with Crippen molar-refractivity contribution in [2.45, 2.75) is 45.1 Å². The molecule has 0 saturated carbocycles. The number of nitrogens with two attached hydrogens (primary N) is 1. The summed E-state index contributed by atoms with van der Waals surface area (Å²) in [5.74, 6) is 0.891. The number of hydrogen-bond acceptors (Lipinski definition) is 4. The van der Waals surface area contributed by atoms with Gasteiger partial charge in [0.1, 0.15) is 6.26 Å². The van der Waals surface area contributed by atoms with E-state index >= 15 is 0 Å². The Kier molecular flexibility index (Phi) is 4.57. The first-order valence-electron chi connectivity index (χ1n) is 6.71. The first-order chi connectivity index (χ1) is 8.33. The number of likely N-dealkylation sites (N-methyl/N-ethyl adjacent to an activating group) is 1. The highest BCUT2D eigenvalue weighted by Crippen LogP contribution is 2.20. The Hall–Kier alpha value is -0.870. The van der Waals surface area contributed by atoms with Crippen molar-refractivity contribution < 1.29 is 4.42 Å². The normalized spacial score (nSPS) is 21.2. The smallest absolute Gasteiger partial charge is 0.195 e. The Bertz CT molecular complexity index is 337. The zero-order valence-corrected chi connectivity index (χ0v) is 10.7. The molecular weight excluding hydrogens is 214 g/mol. The summed E-state index contributed by atoms with van der Waals surface area (Å²) < 4.78 is 5.54. The van der Waals surface area contributed by atoms with Crippen LogP contribution in [0, 0.1) is 0 Å². The van der Waals surface area contributed by atoms with E-state index in [9.17, 15) is 0 Å². The van der Waals surface area contributed by atoms with Crippen LogP contribution < -0.4 is 5.73 Å². The van der Waals surface area contributed by atoms with E-state index in [1.165, 1.54) is 19.4 Å². The van der Waals surface area contributed by atoms with Gasteiger partial charge in [0.05, 0.1) is 5.69 Å². The van der Waals surface area contributed by atoms with Gasteiger partial charge in [-0.25, -0.2) is 4.98 Å². The molecule has 17 heavy (non-hydrogen) atoms. The summed E-state index contributed by atoms with van der Waals surface area (Å²) in [6, 6.07) is 0.626. The van der Waals surface area contributed by atoms with Crippen molar-refractivity contribution in [3.8, 4) is 0 Å². The first-order valence-corrected chi connectivity index (χ1v) is 6.71. The van der Waals surface area contributed by atoms with Crippen LogP contribution in [-0.4, -0.2) is 35.6 Å². The Morgan fingerprint density at radius 3 is 3.24 bits per heavy atom. The van der Waals surface area contributed by atoms with Gasteiger partial charge >= 0.3 is 0 Å². The van der Waals surface area contributed by atoms with E-state index in [0.717, 1.165) is 37.4 Å². The molecule has 0 radical (unpaired) electrons. The summed E-state index contributed by atoms with van der Waals surface area (Å²) in [6.07, 6.45) is 7.24. The minimum atomic E-state index is 0.626. The lowest BCUT2D eigenvalue weighted by atomic mass is 10.1. The third-order valence-electron chi connectivity index (χ3n) is 3.55. The number of hydrogen-bond donors (Lipinski definition) is 1. The van der Waals surface area contributed by atoms with Gasteiger partial charge in [0.25, 0.3) is 0 Å². The highest BCUT2D eigenvalue weighted by atomic mass is 16.3. The number of rotatable bonds is 6. The van der Waals surface area contributed by atoms with Crippen molar-refractivity contribution in [1.82, 2.24) is 9.88 Å². The lowest BCUT2D eigenvalue weighted by Crippen LogP contribution is -2.30. The van der Waals surface area contributed by atoms with Crippen LogP contribution in [0.5, 0.6) is 0 Å². The van der Waals surface area contributed by atoms with E-state index in [2.05, 4.69) is 16.8 Å². The molecule has 1 aromatic heterocycles. The van der Waals surface area contributed by atoms with Crippen molar-refractivity contribution in [2.24, 2.45) is 5.73 Å². The Morgan fingerprint density at radius 2 is 2.47 bits per heavy atom. The monoisotopic (exact) mass is 237 g/mol. The van der Waals surface area contributed by atoms with Crippen molar-refractivity contribution in [2.75, 3.05) is 19.6 Å². The molecule has 1 saturated heterocycles. The summed E-state index contributed by atoms with van der Waals surface area (Å²) >= 11 is 0. The van der Waals surface area contributed by atoms with Crippen LogP contribution in [-0.2, 0) is 12.8 Å². The SMILES string of the molecule is CCN1CCCC1Cc1nc(CCCN)co1. The topological polar surface area (TPSA) is 55.3 Å². The molecule has 1 aromatic rings. The second-order valence-electron chi connectivity index (χ2n) is 4.75. The number of aryl methyl sites for hydroxylation is 1. The van der Waals surface area contributed by atoms with Crippen LogP contribution in [0.2, 0.25) is 0 Å². The van der Waals surface area contributed by atoms with E-state index in [-0.39, 0.29) is 0 Å². The van der Waals surface area contributed by atoms with Gasteiger partial charge in [-0.15, -0.1) is 0 Å². The van der Waals surface area contributed by atoms with Crippen molar-refractivity contribution in [3.05, 3.63) is 17.8 Å². The zero-order chi connectivity index (χ0) is 12.1. The highest BCUT2D eigenvalue weighted by molar-refractivity contribution is 4.99. The predicted molar refractivity (Wildman–Crippen MR) is 67.9 cm³/mol. The molecule has 0 bridgehead atoms. The van der Waals surface area contributed by atoms with E-state index in [0.29, 0.717) is 12.6 Å². The molecule has 0 aliphatic carbocycles. The molecule has 4 nitrogen and oxygen atoms in total. The van der Waals surface area contributed by atoms with Crippen molar-refractivity contribution in [1.29, 1.82) is 0 Å². The Balaban J connectivity index is 1.87. The van der Waals surface area contributed by atoms with Crippen LogP contribution in [0.1, 0.15) is 37.8 Å². The summed E-state index contributed by atoms with van der Waals surface area (Å²) in [5.41, 5.74) is 6.53. The maximum absolute atomic E-state index is 5.54. The van der Waals surface area contributed by atoms with Crippen LogP contribution in [0.25, 0.3) is 0 Å². The molecule has 0 aromatic carbocycles. The summed E-state index contributed by atoms with van der Waals surface area (Å²) in [5, 5.41) is 0. The molecule has 0 spiro atoms. The van der Waals surface area contributed by atoms with Gasteiger partial charge in [0.2, 0.25) is 0 Å². The number of oxazole rings is 1. The molecule has 2 heterocycles. The summed E-state index contributed by atoms with van der Waals surface area (Å²) in [4.78, 5) is 7.05. The lowest BCUT2D eigenvalue weighted by molar-refractivity contribution is 0.254. The predicted octanol–water partition coefficient (Wildman–Crippen LogP) is 1.59. The minimum absolute atomic E-state index is 0.626. The van der Waals surface area contributed by atoms with Gasteiger partial charge in [-0.3, -0.25) is 0 Å². The summed E-state index contributed by atoms with van der Waals surface area (Å²) in [6.45, 7) is 5.29. The molecule has 1 unspecified atom stereocenters. The first kappa shape index (κ1) is 12.6.